The van der Waals surface area contributed by atoms with Crippen LogP contribution in [0.3, 0.4) is 0 Å². The third kappa shape index (κ3) is 1.98. The van der Waals surface area contributed by atoms with Crippen molar-refractivity contribution in [2.24, 2.45) is 0 Å². The second-order valence-corrected chi connectivity index (χ2v) is 5.40. The number of nitrogens with zero attached hydrogens (tertiary/aromatic N) is 5. The minimum atomic E-state index is 0.322. The number of pyridine rings is 1. The van der Waals surface area contributed by atoms with Crippen molar-refractivity contribution < 1.29 is 4.74 Å². The molecule has 3 heterocycles. The van der Waals surface area contributed by atoms with Crippen molar-refractivity contribution in [1.29, 1.82) is 5.26 Å². The summed E-state index contributed by atoms with van der Waals surface area (Å²) < 4.78 is 7.52. The second kappa shape index (κ2) is 5.46. The fourth-order valence-corrected chi connectivity index (χ4v) is 2.94. The maximum absolute atomic E-state index is 9.40. The number of aryl methyl sites for hydroxylation is 1. The molecule has 0 N–H and O–H groups in total. The summed E-state index contributed by atoms with van der Waals surface area (Å²) in [5.41, 5.74) is 3.62. The molecule has 0 aliphatic rings. The molecule has 0 unspecified atom stereocenters. The normalized spacial score (nSPS) is 11.2. The zero-order valence-corrected chi connectivity index (χ0v) is 13.4. The van der Waals surface area contributed by atoms with Gasteiger partial charge in [-0.25, -0.2) is 9.97 Å². The first-order valence-electron chi connectivity index (χ1n) is 7.90. The van der Waals surface area contributed by atoms with E-state index in [-0.39, 0.29) is 0 Å². The fourth-order valence-electron chi connectivity index (χ4n) is 2.94. The molecule has 0 saturated carbocycles. The van der Waals surface area contributed by atoms with Gasteiger partial charge in [0.1, 0.15) is 17.5 Å². The van der Waals surface area contributed by atoms with E-state index in [1.54, 1.807) is 6.07 Å². The van der Waals surface area contributed by atoms with Crippen LogP contribution in [-0.2, 0) is 6.42 Å². The number of ether oxygens (including phenoxy) is 1. The van der Waals surface area contributed by atoms with E-state index in [2.05, 4.69) is 23.0 Å². The van der Waals surface area contributed by atoms with Crippen LogP contribution in [0.1, 0.15) is 25.2 Å². The number of aromatic nitrogens is 4. The predicted molar refractivity (Wildman–Crippen MR) is 91.1 cm³/mol. The summed E-state index contributed by atoms with van der Waals surface area (Å²) in [7, 11) is 0. The van der Waals surface area contributed by atoms with Crippen LogP contribution in [0, 0.1) is 11.3 Å². The summed E-state index contributed by atoms with van der Waals surface area (Å²) in [5, 5.41) is 10.2. The number of para-hydroxylation sites is 2. The van der Waals surface area contributed by atoms with Crippen molar-refractivity contribution in [3.8, 4) is 11.9 Å². The van der Waals surface area contributed by atoms with E-state index in [9.17, 15) is 5.26 Å². The molecule has 3 aromatic heterocycles. The minimum absolute atomic E-state index is 0.322. The Bertz CT molecular complexity index is 1120. The first kappa shape index (κ1) is 14.4. The molecule has 0 saturated heterocycles. The van der Waals surface area contributed by atoms with E-state index >= 15 is 0 Å². The van der Waals surface area contributed by atoms with Crippen molar-refractivity contribution in [2.75, 3.05) is 6.61 Å². The van der Waals surface area contributed by atoms with Crippen molar-refractivity contribution >= 4 is 27.7 Å². The molecule has 0 bridgehead atoms. The quantitative estimate of drug-likeness (QED) is 0.579. The first-order valence-corrected chi connectivity index (χ1v) is 7.90. The number of benzene rings is 1. The van der Waals surface area contributed by atoms with Crippen molar-refractivity contribution in [3.05, 3.63) is 41.7 Å². The van der Waals surface area contributed by atoms with Crippen LogP contribution in [0.25, 0.3) is 27.7 Å². The Morgan fingerprint density at radius 1 is 1.17 bits per heavy atom. The molecular formula is C18H15N5O. The third-order valence-corrected chi connectivity index (χ3v) is 3.98. The van der Waals surface area contributed by atoms with E-state index in [4.69, 9.17) is 9.72 Å². The molecule has 0 radical (unpaired) electrons. The molecule has 1 aromatic carbocycles. The van der Waals surface area contributed by atoms with Crippen LogP contribution >= 0.6 is 0 Å². The monoisotopic (exact) mass is 317 g/mol. The van der Waals surface area contributed by atoms with E-state index < -0.39 is 0 Å². The van der Waals surface area contributed by atoms with Gasteiger partial charge in [-0.15, -0.1) is 0 Å². The number of imidazole rings is 1. The Kier molecular flexibility index (Phi) is 3.28. The van der Waals surface area contributed by atoms with Gasteiger partial charge in [0.05, 0.1) is 23.0 Å². The molecule has 0 atom stereocenters. The molecule has 0 spiro atoms. The number of nitriles is 1. The number of fused-ring (bicyclic) bond motifs is 5. The average molecular weight is 317 g/mol. The lowest BCUT2D eigenvalue weighted by atomic mass is 10.2. The number of hydrogen-bond acceptors (Lipinski definition) is 5. The van der Waals surface area contributed by atoms with E-state index in [1.165, 1.54) is 0 Å². The van der Waals surface area contributed by atoms with Gasteiger partial charge in [-0.2, -0.15) is 10.2 Å². The number of rotatable bonds is 3. The largest absolute Gasteiger partial charge is 0.477 e. The van der Waals surface area contributed by atoms with Gasteiger partial charge in [0, 0.05) is 6.42 Å². The zero-order valence-electron chi connectivity index (χ0n) is 13.4. The molecule has 0 amide bonds. The smallest absolute Gasteiger partial charge is 0.233 e. The average Bonchev–Trinajstić information content (AvgIpc) is 3.00. The highest BCUT2D eigenvalue weighted by molar-refractivity contribution is 5.95. The summed E-state index contributed by atoms with van der Waals surface area (Å²) in [6.45, 7) is 4.36. The van der Waals surface area contributed by atoms with Gasteiger partial charge in [-0.1, -0.05) is 19.1 Å². The SMILES string of the molecule is CCOc1nc2nc(CC)n3c4ccccc4nc3c2cc1C#N. The molecule has 6 heteroatoms. The maximum Gasteiger partial charge on any atom is 0.233 e. The van der Waals surface area contributed by atoms with Gasteiger partial charge < -0.3 is 4.74 Å². The van der Waals surface area contributed by atoms with Crippen LogP contribution in [0.2, 0.25) is 0 Å². The summed E-state index contributed by atoms with van der Waals surface area (Å²) in [5.74, 6) is 1.20. The molecule has 0 fully saturated rings. The third-order valence-electron chi connectivity index (χ3n) is 3.98. The lowest BCUT2D eigenvalue weighted by Crippen LogP contribution is -2.04. The van der Waals surface area contributed by atoms with Crippen molar-refractivity contribution in [1.82, 2.24) is 19.4 Å². The fraction of sp³-hybridized carbons (Fsp3) is 0.222. The highest BCUT2D eigenvalue weighted by Crippen LogP contribution is 2.27. The van der Waals surface area contributed by atoms with Crippen molar-refractivity contribution in [2.45, 2.75) is 20.3 Å². The predicted octanol–water partition coefficient (Wildman–Crippen LogP) is 3.26. The standard InChI is InChI=1S/C18H15N5O/c1-3-15-21-16-12(9-11(10-19)18(22-16)24-4-2)17-20-13-7-5-6-8-14(13)23(15)17/h5-9H,3-4H2,1-2H3. The summed E-state index contributed by atoms with van der Waals surface area (Å²) in [4.78, 5) is 13.9. The van der Waals surface area contributed by atoms with Crippen LogP contribution in [0.4, 0.5) is 0 Å². The van der Waals surface area contributed by atoms with E-state index in [0.717, 1.165) is 34.3 Å². The Morgan fingerprint density at radius 3 is 2.75 bits per heavy atom. The van der Waals surface area contributed by atoms with Crippen LogP contribution in [-0.4, -0.2) is 26.0 Å². The molecule has 4 aromatic rings. The zero-order chi connectivity index (χ0) is 16.7. The molecule has 6 nitrogen and oxygen atoms in total. The highest BCUT2D eigenvalue weighted by Gasteiger charge is 2.16. The van der Waals surface area contributed by atoms with Crippen LogP contribution < -0.4 is 4.74 Å². The summed E-state index contributed by atoms with van der Waals surface area (Å²) in [6.07, 6.45) is 0.748. The molecule has 4 rings (SSSR count). The van der Waals surface area contributed by atoms with Crippen LogP contribution in [0.5, 0.6) is 5.88 Å². The van der Waals surface area contributed by atoms with Gasteiger partial charge in [0.25, 0.3) is 0 Å². The molecule has 118 valence electrons. The number of hydrogen-bond donors (Lipinski definition) is 0. The van der Waals surface area contributed by atoms with Gasteiger partial charge in [-0.3, -0.25) is 4.40 Å². The summed E-state index contributed by atoms with van der Waals surface area (Å²) >= 11 is 0. The molecule has 0 aliphatic heterocycles. The van der Waals surface area contributed by atoms with Gasteiger partial charge >= 0.3 is 0 Å². The lowest BCUT2D eigenvalue weighted by molar-refractivity contribution is 0.327. The minimum Gasteiger partial charge on any atom is -0.477 e. The first-order chi connectivity index (χ1) is 11.8. The topological polar surface area (TPSA) is 76.1 Å². The molecule has 24 heavy (non-hydrogen) atoms. The van der Waals surface area contributed by atoms with Crippen LogP contribution in [0.15, 0.2) is 30.3 Å². The Morgan fingerprint density at radius 2 is 2.00 bits per heavy atom. The molecule has 0 aliphatic carbocycles. The summed E-state index contributed by atoms with van der Waals surface area (Å²) in [6, 6.07) is 11.9. The Labute approximate surface area is 138 Å². The van der Waals surface area contributed by atoms with Gasteiger partial charge in [0.15, 0.2) is 11.3 Å². The maximum atomic E-state index is 9.40. The Balaban J connectivity index is 2.19. The van der Waals surface area contributed by atoms with E-state index in [0.29, 0.717) is 23.7 Å². The highest BCUT2D eigenvalue weighted by atomic mass is 16.5. The lowest BCUT2D eigenvalue weighted by Gasteiger charge is -2.09. The Hall–Kier alpha value is -3.20. The second-order valence-electron chi connectivity index (χ2n) is 5.40. The molecular weight excluding hydrogens is 302 g/mol. The van der Waals surface area contributed by atoms with Gasteiger partial charge in [-0.05, 0) is 25.1 Å². The van der Waals surface area contributed by atoms with E-state index in [1.807, 2.05) is 35.6 Å². The van der Waals surface area contributed by atoms with Gasteiger partial charge in [0.2, 0.25) is 5.88 Å². The van der Waals surface area contributed by atoms with Crippen molar-refractivity contribution in [3.63, 3.8) is 0 Å².